The molecule has 4 heteroatoms. The van der Waals surface area contributed by atoms with Crippen molar-refractivity contribution in [3.05, 3.63) is 30.5 Å². The van der Waals surface area contributed by atoms with Crippen molar-refractivity contribution in [1.82, 2.24) is 10.2 Å². The molecule has 0 aliphatic heterocycles. The number of fused-ring (bicyclic) bond motifs is 1. The van der Waals surface area contributed by atoms with Crippen LogP contribution in [0.4, 0.5) is 0 Å². The van der Waals surface area contributed by atoms with Crippen molar-refractivity contribution in [2.24, 2.45) is 5.73 Å². The Morgan fingerprint density at radius 1 is 1.22 bits per heavy atom. The lowest BCUT2D eigenvalue weighted by Gasteiger charge is -2.26. The van der Waals surface area contributed by atoms with Crippen LogP contribution in [0.5, 0.6) is 5.88 Å². The molecule has 3 rings (SSSR count). The van der Waals surface area contributed by atoms with E-state index in [-0.39, 0.29) is 12.1 Å². The summed E-state index contributed by atoms with van der Waals surface area (Å²) in [6.07, 6.45) is 6.12. The molecule has 2 aromatic rings. The van der Waals surface area contributed by atoms with Gasteiger partial charge in [-0.3, -0.25) is 0 Å². The zero-order chi connectivity index (χ0) is 12.4. The van der Waals surface area contributed by atoms with Crippen LogP contribution in [0.3, 0.4) is 0 Å². The topological polar surface area (TPSA) is 61.0 Å². The van der Waals surface area contributed by atoms with Gasteiger partial charge >= 0.3 is 0 Å². The Labute approximate surface area is 106 Å². The lowest BCUT2D eigenvalue weighted by Crippen LogP contribution is -2.33. The van der Waals surface area contributed by atoms with Gasteiger partial charge in [0.25, 0.3) is 0 Å². The number of hydrogen-bond acceptors (Lipinski definition) is 4. The Morgan fingerprint density at radius 3 is 3.00 bits per heavy atom. The van der Waals surface area contributed by atoms with Crippen LogP contribution in [0.25, 0.3) is 10.8 Å². The summed E-state index contributed by atoms with van der Waals surface area (Å²) in [4.78, 5) is 0. The summed E-state index contributed by atoms with van der Waals surface area (Å²) in [5.41, 5.74) is 5.98. The average Bonchev–Trinajstić information content (AvgIpc) is 2.39. The number of benzene rings is 1. The lowest BCUT2D eigenvalue weighted by molar-refractivity contribution is 0.139. The maximum absolute atomic E-state index is 5.99. The second-order valence-corrected chi connectivity index (χ2v) is 4.90. The van der Waals surface area contributed by atoms with Crippen molar-refractivity contribution in [3.8, 4) is 5.88 Å². The van der Waals surface area contributed by atoms with Gasteiger partial charge in [0.05, 0.1) is 6.20 Å². The van der Waals surface area contributed by atoms with E-state index in [0.29, 0.717) is 5.88 Å². The number of nitrogens with two attached hydrogens (primary N) is 1. The van der Waals surface area contributed by atoms with Crippen molar-refractivity contribution in [2.45, 2.75) is 37.8 Å². The van der Waals surface area contributed by atoms with E-state index in [1.54, 1.807) is 6.20 Å². The molecular weight excluding hydrogens is 226 g/mol. The average molecular weight is 243 g/mol. The second-order valence-electron chi connectivity index (χ2n) is 4.90. The molecule has 1 aliphatic rings. The maximum atomic E-state index is 5.99. The highest BCUT2D eigenvalue weighted by atomic mass is 16.5. The van der Waals surface area contributed by atoms with E-state index in [4.69, 9.17) is 10.5 Å². The van der Waals surface area contributed by atoms with E-state index in [1.807, 2.05) is 24.3 Å². The first kappa shape index (κ1) is 11.4. The van der Waals surface area contributed by atoms with E-state index < -0.39 is 0 Å². The molecule has 2 atom stereocenters. The minimum Gasteiger partial charge on any atom is -0.473 e. The van der Waals surface area contributed by atoms with Crippen molar-refractivity contribution < 1.29 is 4.74 Å². The van der Waals surface area contributed by atoms with Crippen LogP contribution in [0.1, 0.15) is 25.7 Å². The van der Waals surface area contributed by atoms with Gasteiger partial charge in [0.15, 0.2) is 0 Å². The van der Waals surface area contributed by atoms with Gasteiger partial charge in [-0.1, -0.05) is 18.2 Å². The predicted octanol–water partition coefficient (Wildman–Crippen LogP) is 2.28. The number of rotatable bonds is 2. The van der Waals surface area contributed by atoms with Gasteiger partial charge in [-0.25, -0.2) is 0 Å². The molecular formula is C14H17N3O. The highest BCUT2D eigenvalue weighted by Crippen LogP contribution is 2.26. The molecule has 0 spiro atoms. The van der Waals surface area contributed by atoms with Crippen molar-refractivity contribution in [3.63, 3.8) is 0 Å². The molecule has 2 unspecified atom stereocenters. The summed E-state index contributed by atoms with van der Waals surface area (Å²) in [7, 11) is 0. The summed E-state index contributed by atoms with van der Waals surface area (Å²) >= 11 is 0. The minimum absolute atomic E-state index is 0.175. The molecule has 1 aromatic heterocycles. The number of aromatic nitrogens is 2. The molecule has 0 bridgehead atoms. The van der Waals surface area contributed by atoms with Crippen molar-refractivity contribution in [2.75, 3.05) is 0 Å². The smallest absolute Gasteiger partial charge is 0.241 e. The maximum Gasteiger partial charge on any atom is 0.241 e. The van der Waals surface area contributed by atoms with Gasteiger partial charge in [0.2, 0.25) is 5.88 Å². The van der Waals surface area contributed by atoms with Crippen LogP contribution in [0.2, 0.25) is 0 Å². The molecule has 4 nitrogen and oxygen atoms in total. The monoisotopic (exact) mass is 243 g/mol. The Hall–Kier alpha value is -1.68. The Bertz CT molecular complexity index is 538. The number of nitrogens with zero attached hydrogens (tertiary/aromatic N) is 2. The van der Waals surface area contributed by atoms with Crippen LogP contribution >= 0.6 is 0 Å². The molecule has 1 heterocycles. The van der Waals surface area contributed by atoms with Crippen LogP contribution in [-0.2, 0) is 0 Å². The zero-order valence-electron chi connectivity index (χ0n) is 10.2. The first-order chi connectivity index (χ1) is 8.83. The first-order valence-corrected chi connectivity index (χ1v) is 6.45. The normalized spacial score (nSPS) is 24.1. The third-order valence-corrected chi connectivity index (χ3v) is 3.48. The van der Waals surface area contributed by atoms with E-state index >= 15 is 0 Å². The first-order valence-electron chi connectivity index (χ1n) is 6.45. The summed E-state index contributed by atoms with van der Waals surface area (Å²) in [5.74, 6) is 0.632. The Kier molecular flexibility index (Phi) is 3.11. The molecule has 1 aromatic carbocycles. The van der Waals surface area contributed by atoms with Crippen LogP contribution < -0.4 is 10.5 Å². The summed E-state index contributed by atoms with van der Waals surface area (Å²) in [5, 5.41) is 10.2. The SMILES string of the molecule is NC1CCCC(Oc2nncc3ccccc23)C1. The summed E-state index contributed by atoms with van der Waals surface area (Å²) in [6, 6.07) is 8.27. The number of ether oxygens (including phenoxy) is 1. The quantitative estimate of drug-likeness (QED) is 0.879. The summed E-state index contributed by atoms with van der Waals surface area (Å²) < 4.78 is 5.99. The number of hydrogen-bond donors (Lipinski definition) is 1. The van der Waals surface area contributed by atoms with Gasteiger partial charge in [0.1, 0.15) is 6.10 Å². The molecule has 18 heavy (non-hydrogen) atoms. The summed E-state index contributed by atoms with van der Waals surface area (Å²) in [6.45, 7) is 0. The van der Waals surface area contributed by atoms with Crippen molar-refractivity contribution in [1.29, 1.82) is 0 Å². The molecule has 1 saturated carbocycles. The fourth-order valence-electron chi connectivity index (χ4n) is 2.53. The zero-order valence-corrected chi connectivity index (χ0v) is 10.2. The van der Waals surface area contributed by atoms with E-state index in [1.165, 1.54) is 0 Å². The van der Waals surface area contributed by atoms with Gasteiger partial charge < -0.3 is 10.5 Å². The third kappa shape index (κ3) is 2.29. The fraction of sp³-hybridized carbons (Fsp3) is 0.429. The lowest BCUT2D eigenvalue weighted by atomic mass is 9.93. The van der Waals surface area contributed by atoms with Gasteiger partial charge in [-0.2, -0.15) is 5.10 Å². The minimum atomic E-state index is 0.175. The molecule has 0 radical (unpaired) electrons. The van der Waals surface area contributed by atoms with E-state index in [9.17, 15) is 0 Å². The van der Waals surface area contributed by atoms with Gasteiger partial charge in [-0.15, -0.1) is 5.10 Å². The molecule has 1 fully saturated rings. The fourth-order valence-corrected chi connectivity index (χ4v) is 2.53. The van der Waals surface area contributed by atoms with Crippen molar-refractivity contribution >= 4 is 10.8 Å². The second kappa shape index (κ2) is 4.90. The molecule has 94 valence electrons. The largest absolute Gasteiger partial charge is 0.473 e. The Balaban J connectivity index is 1.86. The third-order valence-electron chi connectivity index (χ3n) is 3.48. The predicted molar refractivity (Wildman–Crippen MR) is 70.4 cm³/mol. The highest BCUT2D eigenvalue weighted by molar-refractivity contribution is 5.85. The standard InChI is InChI=1S/C14H17N3O/c15-11-5-3-6-12(8-11)18-14-13-7-2-1-4-10(13)9-16-17-14/h1-2,4,7,9,11-12H,3,5-6,8,15H2. The molecule has 1 aliphatic carbocycles. The van der Waals surface area contributed by atoms with Crippen LogP contribution in [-0.4, -0.2) is 22.3 Å². The molecule has 0 saturated heterocycles. The van der Waals surface area contributed by atoms with Gasteiger partial charge in [-0.05, 0) is 31.7 Å². The van der Waals surface area contributed by atoms with Gasteiger partial charge in [0, 0.05) is 16.8 Å². The highest BCUT2D eigenvalue weighted by Gasteiger charge is 2.21. The molecule has 0 amide bonds. The Morgan fingerprint density at radius 2 is 2.11 bits per heavy atom. The molecule has 2 N–H and O–H groups in total. The van der Waals surface area contributed by atoms with E-state index in [0.717, 1.165) is 36.5 Å². The van der Waals surface area contributed by atoms with E-state index in [2.05, 4.69) is 10.2 Å². The van der Waals surface area contributed by atoms with Crippen LogP contribution in [0.15, 0.2) is 30.5 Å². The van der Waals surface area contributed by atoms with Crippen LogP contribution in [0, 0.1) is 0 Å².